The molecule has 4 aliphatic rings. The minimum absolute atomic E-state index is 0.128. The van der Waals surface area contributed by atoms with Crippen LogP contribution in [0.2, 0.25) is 0 Å². The molecule has 2 N–H and O–H groups in total. The van der Waals surface area contributed by atoms with Crippen molar-refractivity contribution in [3.05, 3.63) is 42.0 Å². The number of hydrogen-bond donors (Lipinski definition) is 2. The quantitative estimate of drug-likeness (QED) is 0.489. The Morgan fingerprint density at radius 2 is 1.74 bits per heavy atom. The molecular formula is C26H31N3O6. The van der Waals surface area contributed by atoms with Crippen LogP contribution in [0.4, 0.5) is 5.69 Å². The second-order valence-electron chi connectivity index (χ2n) is 11.1. The van der Waals surface area contributed by atoms with E-state index in [0.29, 0.717) is 11.3 Å². The number of benzene rings is 1. The number of nitrogens with zero attached hydrogens (tertiary/aromatic N) is 1. The molecule has 5 rings (SSSR count). The minimum Gasteiger partial charge on any atom is -0.465 e. The Hall–Kier alpha value is -3.20. The lowest BCUT2D eigenvalue weighted by molar-refractivity contribution is -0.134. The van der Waals surface area contributed by atoms with Crippen molar-refractivity contribution in [3.63, 3.8) is 0 Å². The smallest absolute Gasteiger partial charge is 0.337 e. The number of carbonyl (C=O) groups excluding carboxylic acids is 4. The van der Waals surface area contributed by atoms with Gasteiger partial charge in [0.25, 0.3) is 0 Å². The van der Waals surface area contributed by atoms with Gasteiger partial charge in [-0.05, 0) is 64.8 Å². The molecule has 1 aromatic rings. The first-order valence-corrected chi connectivity index (χ1v) is 11.9. The summed E-state index contributed by atoms with van der Waals surface area (Å²) in [5.41, 5.74) is -2.06. The van der Waals surface area contributed by atoms with Crippen LogP contribution in [0.3, 0.4) is 0 Å². The SMILES string of the molecule is COC(=O)c1ccc(N2C(=O)[C@@H]3[C@H](C(=O)NC4CC4)[C@@]4(C)C=C[C@]3(O4)[C@H]2C(=O)NC(C)(C)C)cc1. The Bertz CT molecular complexity index is 1130. The van der Waals surface area contributed by atoms with Crippen LogP contribution >= 0.6 is 0 Å². The maximum absolute atomic E-state index is 14.0. The molecule has 3 aliphatic heterocycles. The molecule has 2 bridgehead atoms. The topological polar surface area (TPSA) is 114 Å². The van der Waals surface area contributed by atoms with Crippen LogP contribution in [0.15, 0.2) is 36.4 Å². The van der Waals surface area contributed by atoms with Crippen LogP contribution in [-0.2, 0) is 23.9 Å². The van der Waals surface area contributed by atoms with E-state index in [1.165, 1.54) is 12.0 Å². The lowest BCUT2D eigenvalue weighted by Gasteiger charge is -2.35. The third-order valence-corrected chi connectivity index (χ3v) is 7.22. The van der Waals surface area contributed by atoms with E-state index in [1.54, 1.807) is 37.3 Å². The number of ether oxygens (including phenoxy) is 2. The number of hydrogen-bond acceptors (Lipinski definition) is 6. The van der Waals surface area contributed by atoms with Crippen LogP contribution in [-0.4, -0.2) is 59.6 Å². The molecule has 1 aromatic carbocycles. The average molecular weight is 482 g/mol. The average Bonchev–Trinajstić information content (AvgIpc) is 3.40. The molecule has 0 unspecified atom stereocenters. The normalized spacial score (nSPS) is 33.0. The summed E-state index contributed by atoms with van der Waals surface area (Å²) in [5, 5.41) is 6.01. The van der Waals surface area contributed by atoms with Gasteiger partial charge in [-0.3, -0.25) is 19.3 Å². The molecule has 1 spiro atoms. The summed E-state index contributed by atoms with van der Waals surface area (Å²) in [6.07, 6.45) is 5.44. The molecule has 9 nitrogen and oxygen atoms in total. The van der Waals surface area contributed by atoms with E-state index in [1.807, 2.05) is 26.8 Å². The van der Waals surface area contributed by atoms with Crippen molar-refractivity contribution >= 4 is 29.4 Å². The predicted molar refractivity (Wildman–Crippen MR) is 126 cm³/mol. The third-order valence-electron chi connectivity index (χ3n) is 7.22. The van der Waals surface area contributed by atoms with Gasteiger partial charge in [-0.15, -0.1) is 0 Å². The Morgan fingerprint density at radius 1 is 1.09 bits per heavy atom. The fraction of sp³-hybridized carbons (Fsp3) is 0.538. The summed E-state index contributed by atoms with van der Waals surface area (Å²) in [6, 6.07) is 5.41. The molecular weight excluding hydrogens is 450 g/mol. The zero-order chi connectivity index (χ0) is 25.3. The number of methoxy groups -OCH3 is 1. The van der Waals surface area contributed by atoms with Crippen LogP contribution in [0, 0.1) is 11.8 Å². The predicted octanol–water partition coefficient (Wildman–Crippen LogP) is 1.71. The summed E-state index contributed by atoms with van der Waals surface area (Å²) < 4.78 is 11.3. The first kappa shape index (κ1) is 23.5. The number of rotatable bonds is 5. The Morgan fingerprint density at radius 3 is 2.31 bits per heavy atom. The Balaban J connectivity index is 1.58. The van der Waals surface area contributed by atoms with Gasteiger partial charge in [-0.1, -0.05) is 12.2 Å². The number of carbonyl (C=O) groups is 4. The molecule has 3 amide bonds. The van der Waals surface area contributed by atoms with Crippen molar-refractivity contribution in [2.24, 2.45) is 11.8 Å². The molecule has 9 heteroatoms. The van der Waals surface area contributed by atoms with E-state index in [2.05, 4.69) is 10.6 Å². The fourth-order valence-electron chi connectivity index (χ4n) is 5.64. The van der Waals surface area contributed by atoms with Crippen molar-refractivity contribution < 1.29 is 28.7 Å². The van der Waals surface area contributed by atoms with Crippen LogP contribution < -0.4 is 15.5 Å². The Kier molecular flexibility index (Phi) is 5.14. The maximum Gasteiger partial charge on any atom is 0.337 e. The number of fused-ring (bicyclic) bond motifs is 1. The highest BCUT2D eigenvalue weighted by Gasteiger charge is 2.76. The van der Waals surface area contributed by atoms with Gasteiger partial charge in [-0.25, -0.2) is 4.79 Å². The minimum atomic E-state index is -1.28. The van der Waals surface area contributed by atoms with E-state index in [4.69, 9.17) is 9.47 Å². The molecule has 1 aliphatic carbocycles. The monoisotopic (exact) mass is 481 g/mol. The second kappa shape index (κ2) is 7.65. The van der Waals surface area contributed by atoms with Crippen LogP contribution in [0.5, 0.6) is 0 Å². The molecule has 0 aromatic heterocycles. The first-order valence-electron chi connectivity index (χ1n) is 11.9. The second-order valence-corrected chi connectivity index (χ2v) is 11.1. The van der Waals surface area contributed by atoms with Crippen molar-refractivity contribution in [1.82, 2.24) is 10.6 Å². The van der Waals surface area contributed by atoms with Crippen molar-refractivity contribution in [2.75, 3.05) is 12.0 Å². The van der Waals surface area contributed by atoms with Crippen molar-refractivity contribution in [2.45, 2.75) is 69.4 Å². The molecule has 1 saturated carbocycles. The van der Waals surface area contributed by atoms with Gasteiger partial charge in [0.05, 0.1) is 30.1 Å². The lowest BCUT2D eigenvalue weighted by Crippen LogP contribution is -2.58. The van der Waals surface area contributed by atoms with E-state index in [9.17, 15) is 19.2 Å². The van der Waals surface area contributed by atoms with Gasteiger partial charge in [0.1, 0.15) is 11.6 Å². The summed E-state index contributed by atoms with van der Waals surface area (Å²) in [7, 11) is 1.29. The highest BCUT2D eigenvalue weighted by atomic mass is 16.5. The van der Waals surface area contributed by atoms with Gasteiger partial charge >= 0.3 is 5.97 Å². The Labute approximate surface area is 204 Å². The number of amides is 3. The van der Waals surface area contributed by atoms with E-state index < -0.39 is 40.6 Å². The summed E-state index contributed by atoms with van der Waals surface area (Å²) in [6.45, 7) is 7.39. The zero-order valence-electron chi connectivity index (χ0n) is 20.6. The van der Waals surface area contributed by atoms with Gasteiger partial charge in [0.2, 0.25) is 17.7 Å². The highest BCUT2D eigenvalue weighted by Crippen LogP contribution is 2.60. The van der Waals surface area contributed by atoms with Crippen LogP contribution in [0.25, 0.3) is 0 Å². The van der Waals surface area contributed by atoms with Crippen LogP contribution in [0.1, 0.15) is 50.9 Å². The zero-order valence-corrected chi connectivity index (χ0v) is 20.6. The molecule has 3 fully saturated rings. The maximum atomic E-state index is 14.0. The van der Waals surface area contributed by atoms with Gasteiger partial charge in [0, 0.05) is 17.3 Å². The summed E-state index contributed by atoms with van der Waals surface area (Å²) in [5.74, 6) is -3.07. The van der Waals surface area contributed by atoms with Gasteiger partial charge in [-0.2, -0.15) is 0 Å². The fourth-order valence-corrected chi connectivity index (χ4v) is 5.64. The summed E-state index contributed by atoms with van der Waals surface area (Å²) >= 11 is 0. The highest BCUT2D eigenvalue weighted by molar-refractivity contribution is 6.10. The number of anilines is 1. The molecule has 2 saturated heterocycles. The van der Waals surface area contributed by atoms with Crippen molar-refractivity contribution in [3.8, 4) is 0 Å². The largest absolute Gasteiger partial charge is 0.465 e. The molecule has 186 valence electrons. The lowest BCUT2D eigenvalue weighted by atomic mass is 9.70. The first-order chi connectivity index (χ1) is 16.4. The van der Waals surface area contributed by atoms with Gasteiger partial charge < -0.3 is 20.1 Å². The van der Waals surface area contributed by atoms with E-state index in [-0.39, 0.29) is 23.8 Å². The molecule has 5 atom stereocenters. The number of nitrogens with one attached hydrogen (secondary N) is 2. The molecule has 3 heterocycles. The summed E-state index contributed by atoms with van der Waals surface area (Å²) in [4.78, 5) is 54.4. The molecule has 0 radical (unpaired) electrons. The molecule has 35 heavy (non-hydrogen) atoms. The van der Waals surface area contributed by atoms with E-state index in [0.717, 1.165) is 12.8 Å². The standard InChI is InChI=1S/C26H31N3O6/c1-24(2,3)28-21(31)19-26-13-12-25(4,35-26)17(20(30)27-15-8-9-15)18(26)22(32)29(19)16-10-6-14(7-11-16)23(33)34-5/h6-7,10-13,15,17-19H,8-9H2,1-5H3,(H,27,30)(H,28,31)/t17-,18+,19-,25-,26-/m1/s1. The van der Waals surface area contributed by atoms with Crippen molar-refractivity contribution in [1.29, 1.82) is 0 Å². The van der Waals surface area contributed by atoms with E-state index >= 15 is 0 Å². The number of esters is 1. The van der Waals surface area contributed by atoms with Gasteiger partial charge in [0.15, 0.2) is 0 Å². The third kappa shape index (κ3) is 3.64.